The Morgan fingerprint density at radius 1 is 1.44 bits per heavy atom. The number of aliphatic imine (C=N–C) groups is 1. The van der Waals surface area contributed by atoms with Crippen LogP contribution >= 0.6 is 23.5 Å². The number of halogens is 3. The highest BCUT2D eigenvalue weighted by Gasteiger charge is 2.67. The van der Waals surface area contributed by atoms with Crippen molar-refractivity contribution in [1.29, 1.82) is 0 Å². The minimum atomic E-state index is -5.19. The maximum atomic E-state index is 13.9. The van der Waals surface area contributed by atoms with Crippen LogP contribution in [0.25, 0.3) is 5.57 Å². The minimum Gasteiger partial charge on any atom is -0.542 e. The molecular weight excluding hydrogens is 637 g/mol. The number of fused-ring (bicyclic) bond motifs is 3. The topological polar surface area (TPSA) is 186 Å². The molecule has 1 aromatic carbocycles. The summed E-state index contributed by atoms with van der Waals surface area (Å²) in [6.07, 6.45) is -0.667. The van der Waals surface area contributed by atoms with Gasteiger partial charge in [0.1, 0.15) is 29.3 Å². The third-order valence-electron chi connectivity index (χ3n) is 8.98. The first-order chi connectivity index (χ1) is 22.4. The Morgan fingerprint density at radius 3 is 2.84 bits per heavy atom. The van der Waals surface area contributed by atoms with Crippen molar-refractivity contribution in [2.24, 2.45) is 17.8 Å². The molecule has 6 aliphatic rings. The van der Waals surface area contributed by atoms with Crippen LogP contribution in [0, 0.1) is 0 Å². The van der Waals surface area contributed by atoms with E-state index in [4.69, 9.17) is 19.7 Å². The van der Waals surface area contributed by atoms with Crippen molar-refractivity contribution in [2.45, 2.75) is 65.4 Å². The zero-order valence-electron chi connectivity index (χ0n) is 26.1. The van der Waals surface area contributed by atoms with Gasteiger partial charge in [-0.25, -0.2) is 14.6 Å². The van der Waals surface area contributed by atoms with Crippen molar-refractivity contribution in [3.05, 3.63) is 39.1 Å². The summed E-state index contributed by atoms with van der Waals surface area (Å²) in [5.74, 6) is -4.20. The second kappa shape index (κ2) is 9.83. The van der Waals surface area contributed by atoms with Gasteiger partial charge in [-0.15, -0.1) is 11.8 Å². The van der Waals surface area contributed by atoms with Gasteiger partial charge in [0, 0.05) is 34.6 Å². The number of ketones is 1. The quantitative estimate of drug-likeness (QED) is 0.242. The first-order valence-corrected chi connectivity index (χ1v) is 15.4. The summed E-state index contributed by atoms with van der Waals surface area (Å²) < 4.78 is 59.7. The second-order valence-corrected chi connectivity index (χ2v) is 13.8. The van der Waals surface area contributed by atoms with Crippen LogP contribution in [0.3, 0.4) is 0 Å². The van der Waals surface area contributed by atoms with E-state index < -0.39 is 42.5 Å². The van der Waals surface area contributed by atoms with E-state index in [2.05, 4.69) is 19.9 Å². The molecule has 12 nitrogen and oxygen atoms in total. The fourth-order valence-corrected chi connectivity index (χ4v) is 10.4. The summed E-state index contributed by atoms with van der Waals surface area (Å²) in [5.41, 5.74) is 8.27. The monoisotopic (exact) mass is 665 g/mol. The van der Waals surface area contributed by atoms with Gasteiger partial charge in [-0.2, -0.15) is 13.2 Å². The number of benzene rings is 1. The van der Waals surface area contributed by atoms with Crippen molar-refractivity contribution in [1.82, 2.24) is 14.1 Å². The molecular formula is C28H25F3N6O6S2. The number of allylic oxidation sites excluding steroid dienone is 1. The number of anilines is 1. The summed E-state index contributed by atoms with van der Waals surface area (Å²) in [4.78, 5) is 44.3. The Kier molecular flexibility index (Phi) is 5.77. The maximum Gasteiger partial charge on any atom is 0.430 e. The molecule has 45 heavy (non-hydrogen) atoms. The van der Waals surface area contributed by atoms with Crippen LogP contribution in [0.5, 0.6) is 5.75 Å². The number of thioether (sulfide) groups is 2. The van der Waals surface area contributed by atoms with Gasteiger partial charge in [0.25, 0.3) is 0 Å². The Hall–Kier alpha value is -3.83. The number of phenols is 1. The molecule has 0 saturated carbocycles. The zero-order chi connectivity index (χ0) is 34.8. The van der Waals surface area contributed by atoms with Crippen LogP contribution in [0.1, 0.15) is 35.1 Å². The molecule has 5 N–H and O–H groups in total. The highest BCUT2D eigenvalue weighted by Crippen LogP contribution is 2.65. The molecule has 236 valence electrons. The molecule has 1 aromatic heterocycles. The third-order valence-corrected chi connectivity index (χ3v) is 11.8. The Labute approximate surface area is 264 Å². The van der Waals surface area contributed by atoms with Crippen LogP contribution in [0.15, 0.2) is 27.3 Å². The molecule has 0 amide bonds. The molecule has 1 spiro atoms. The lowest BCUT2D eigenvalue weighted by atomic mass is 9.64. The van der Waals surface area contributed by atoms with Gasteiger partial charge in [-0.3, -0.25) is 9.59 Å². The van der Waals surface area contributed by atoms with E-state index in [9.17, 15) is 33.0 Å². The fourth-order valence-electron chi connectivity index (χ4n) is 7.15. The standard InChI is InChI=1S/C26H24N6O4S2.C2HF3O2/c1-9-10-3-4-32-20-13(33)6-14-26(23(20)38-24-12(31(2)8-28-24)5-11(27)25(35)36)7-15(37-14)30-19-17(26)21(32)16(10)18(29-9)22(19)34;3-2(4,5)1(6)7/h6,8,11,15,20,23H,3-5,7,27H2,1-2H3,(H2,29,30,34,35,36);(H,6,7)/t11-,15-,20+,23-,26+;/m0./s1/i1D3;. The number of alkyl halides is 3. The molecule has 5 atom stereocenters. The Morgan fingerprint density at radius 2 is 2.18 bits per heavy atom. The van der Waals surface area contributed by atoms with E-state index >= 15 is 0 Å². The molecule has 1 fully saturated rings. The van der Waals surface area contributed by atoms with Crippen molar-refractivity contribution >= 4 is 63.9 Å². The number of carboxylic acid groups (broad SMARTS) is 2. The molecule has 3 bridgehead atoms. The van der Waals surface area contributed by atoms with Gasteiger partial charge in [0.05, 0.1) is 44.5 Å². The van der Waals surface area contributed by atoms with E-state index in [-0.39, 0.29) is 40.0 Å². The SMILES string of the molecule is O=C([O-])C(F)(F)F.[2H]C([2H])([2H])C1=Nc2c(O)c3c4c5c2=C1CC[N+]=5[C@@H]1C(=O)C=C2S[C@@H](C[C@@]24[C@H]1Sc1ncn(C)c1C[C@H](N)C(=O)O)N3. The van der Waals surface area contributed by atoms with Crippen LogP contribution in [0.4, 0.5) is 24.5 Å². The normalized spacial score (nSPS) is 28.2. The molecule has 17 heteroatoms. The number of carbonyl (C=O) groups excluding carboxylic acids is 2. The molecule has 0 unspecified atom stereocenters. The number of phenolic OH excluding ortho intramolecular Hbond substituents is 1. The van der Waals surface area contributed by atoms with Gasteiger partial charge in [-0.1, -0.05) is 11.8 Å². The molecule has 2 aromatic rings. The van der Waals surface area contributed by atoms with Crippen molar-refractivity contribution < 1.29 is 47.0 Å². The summed E-state index contributed by atoms with van der Waals surface area (Å²) in [6, 6.07) is -1.66. The van der Waals surface area contributed by atoms with Crippen LogP contribution in [0.2, 0.25) is 0 Å². The van der Waals surface area contributed by atoms with Gasteiger partial charge >= 0.3 is 12.1 Å². The minimum absolute atomic E-state index is 0.00901. The number of aromatic nitrogens is 2. The lowest BCUT2D eigenvalue weighted by molar-refractivity contribution is -0.344. The largest absolute Gasteiger partial charge is 0.542 e. The lowest BCUT2D eigenvalue weighted by Gasteiger charge is -2.47. The van der Waals surface area contributed by atoms with Crippen molar-refractivity contribution in [2.75, 3.05) is 11.9 Å². The number of nitrogens with zero attached hydrogens (tertiary/aromatic N) is 4. The predicted octanol–water partition coefficient (Wildman–Crippen LogP) is -0.334. The number of carboxylic acids is 2. The number of nitrogens with two attached hydrogens (primary N) is 1. The molecule has 0 radical (unpaired) electrons. The molecule has 6 heterocycles. The summed E-state index contributed by atoms with van der Waals surface area (Å²) >= 11 is 3.05. The maximum absolute atomic E-state index is 13.9. The number of hydrogen-bond acceptors (Lipinski definition) is 11. The number of imidazole rings is 1. The Bertz CT molecular complexity index is 2070. The highest BCUT2D eigenvalue weighted by atomic mass is 32.2. The molecule has 8 rings (SSSR count). The number of aryl methyl sites for hydroxylation is 1. The fraction of sp³-hybridized carbons (Fsp3) is 0.429. The van der Waals surface area contributed by atoms with Gasteiger partial charge in [0.15, 0.2) is 5.75 Å². The average Bonchev–Trinajstić information content (AvgIpc) is 3.63. The number of aromatic hydroxyl groups is 1. The summed E-state index contributed by atoms with van der Waals surface area (Å²) in [7, 11) is 1.80. The summed E-state index contributed by atoms with van der Waals surface area (Å²) in [5, 5.41) is 35.0. The van der Waals surface area contributed by atoms with E-state index in [0.717, 1.165) is 15.8 Å². The van der Waals surface area contributed by atoms with E-state index in [1.165, 1.54) is 11.8 Å². The number of carbonyl (C=O) groups is 3. The Balaban J connectivity index is 0.000000473. The lowest BCUT2D eigenvalue weighted by Crippen LogP contribution is -2.69. The first kappa shape index (κ1) is 26.4. The second-order valence-electron chi connectivity index (χ2n) is 11.4. The number of nitrogens with one attached hydrogen (secondary N) is 1. The van der Waals surface area contributed by atoms with Crippen LogP contribution < -0.4 is 31.3 Å². The number of hydrogen-bond donors (Lipinski definition) is 4. The number of aliphatic carboxylic acids is 2. The van der Waals surface area contributed by atoms with Crippen LogP contribution in [-0.4, -0.2) is 78.6 Å². The third kappa shape index (κ3) is 4.12. The van der Waals surface area contributed by atoms with Crippen molar-refractivity contribution in [3.63, 3.8) is 0 Å². The average molecular weight is 666 g/mol. The zero-order valence-corrected chi connectivity index (χ0v) is 24.8. The van der Waals surface area contributed by atoms with Gasteiger partial charge in [0.2, 0.25) is 17.2 Å². The van der Waals surface area contributed by atoms with Crippen molar-refractivity contribution in [3.8, 4) is 5.75 Å². The predicted molar refractivity (Wildman–Crippen MR) is 156 cm³/mol. The van der Waals surface area contributed by atoms with Gasteiger partial charge in [-0.05, 0) is 24.9 Å². The first-order valence-electron chi connectivity index (χ1n) is 15.1. The number of rotatable bonds is 5. The van der Waals surface area contributed by atoms with E-state index in [1.54, 1.807) is 35.8 Å². The van der Waals surface area contributed by atoms with E-state index in [1.807, 2.05) is 0 Å². The highest BCUT2D eigenvalue weighted by molar-refractivity contribution is 8.04. The summed E-state index contributed by atoms with van der Waals surface area (Å²) in [6.45, 7) is -2.01. The smallest absolute Gasteiger partial charge is 0.430 e. The van der Waals surface area contributed by atoms with E-state index in [0.29, 0.717) is 46.6 Å². The molecule has 1 aliphatic carbocycles. The van der Waals surface area contributed by atoms with Crippen LogP contribution in [-0.2, 0) is 33.3 Å². The molecule has 5 aliphatic heterocycles. The molecule has 1 saturated heterocycles. The van der Waals surface area contributed by atoms with Gasteiger partial charge < -0.3 is 35.7 Å².